The number of esters is 1. The molecule has 4 nitrogen and oxygen atoms in total. The Morgan fingerprint density at radius 1 is 1.18 bits per heavy atom. The number of benzene rings is 1. The van der Waals surface area contributed by atoms with Gasteiger partial charge in [-0.05, 0) is 31.5 Å². The first kappa shape index (κ1) is 13.5. The third kappa shape index (κ3) is 5.36. The molecule has 1 N–H and O–H groups in total. The minimum Gasteiger partial charge on any atom is -0.494 e. The minimum atomic E-state index is -0.224. The van der Waals surface area contributed by atoms with Gasteiger partial charge >= 0.3 is 5.97 Å². The molecule has 0 unspecified atom stereocenters. The number of carbonyl (C=O) groups excluding carboxylic acids is 1. The van der Waals surface area contributed by atoms with Crippen molar-refractivity contribution in [3.63, 3.8) is 0 Å². The molecule has 0 fully saturated rings. The van der Waals surface area contributed by atoms with Crippen LogP contribution in [0.15, 0.2) is 24.3 Å². The Balaban J connectivity index is 2.29. The van der Waals surface area contributed by atoms with Crippen molar-refractivity contribution in [3.8, 4) is 5.75 Å². The molecular weight excluding hydrogens is 218 g/mol. The number of rotatable bonds is 7. The van der Waals surface area contributed by atoms with Crippen molar-refractivity contribution in [1.82, 2.24) is 5.32 Å². The van der Waals surface area contributed by atoms with Crippen molar-refractivity contribution in [2.45, 2.75) is 20.4 Å². The molecule has 1 rings (SSSR count). The summed E-state index contributed by atoms with van der Waals surface area (Å²) in [5.41, 5.74) is 1.11. The zero-order chi connectivity index (χ0) is 12.5. The second-order valence-electron chi connectivity index (χ2n) is 3.49. The summed E-state index contributed by atoms with van der Waals surface area (Å²) in [6.45, 7) is 5.72. The molecule has 0 bridgehead atoms. The SMILES string of the molecule is CCOC(=O)CNCc1ccc(OCC)cc1. The largest absolute Gasteiger partial charge is 0.494 e. The Morgan fingerprint density at radius 2 is 1.88 bits per heavy atom. The summed E-state index contributed by atoms with van der Waals surface area (Å²) in [7, 11) is 0. The first-order valence-corrected chi connectivity index (χ1v) is 5.84. The first-order valence-electron chi connectivity index (χ1n) is 5.84. The predicted molar refractivity (Wildman–Crippen MR) is 66.0 cm³/mol. The van der Waals surface area contributed by atoms with Crippen molar-refractivity contribution < 1.29 is 14.3 Å². The molecule has 0 heterocycles. The van der Waals surface area contributed by atoms with Gasteiger partial charge in [-0.3, -0.25) is 4.79 Å². The smallest absolute Gasteiger partial charge is 0.319 e. The van der Waals surface area contributed by atoms with Crippen LogP contribution in [0.5, 0.6) is 5.75 Å². The van der Waals surface area contributed by atoms with Crippen molar-refractivity contribution in [1.29, 1.82) is 0 Å². The predicted octanol–water partition coefficient (Wildman–Crippen LogP) is 1.74. The molecule has 4 heteroatoms. The number of hydrogen-bond acceptors (Lipinski definition) is 4. The van der Waals surface area contributed by atoms with Crippen LogP contribution in [-0.2, 0) is 16.1 Å². The molecule has 0 spiro atoms. The first-order chi connectivity index (χ1) is 8.26. The summed E-state index contributed by atoms with van der Waals surface area (Å²) in [5.74, 6) is 0.639. The van der Waals surface area contributed by atoms with E-state index in [2.05, 4.69) is 5.32 Å². The molecule has 0 atom stereocenters. The molecular formula is C13H19NO3. The molecule has 0 aliphatic heterocycles. The maximum absolute atomic E-state index is 11.1. The topological polar surface area (TPSA) is 47.6 Å². The molecule has 1 aromatic carbocycles. The van der Waals surface area contributed by atoms with Gasteiger partial charge in [-0.1, -0.05) is 12.1 Å². The Hall–Kier alpha value is -1.55. The van der Waals surface area contributed by atoms with Crippen molar-refractivity contribution in [2.75, 3.05) is 19.8 Å². The third-order valence-electron chi connectivity index (χ3n) is 2.14. The van der Waals surface area contributed by atoms with Gasteiger partial charge in [0.1, 0.15) is 5.75 Å². The normalized spacial score (nSPS) is 10.0. The van der Waals surface area contributed by atoms with E-state index in [4.69, 9.17) is 9.47 Å². The average Bonchev–Trinajstić information content (AvgIpc) is 2.32. The van der Waals surface area contributed by atoms with Crippen LogP contribution in [0.3, 0.4) is 0 Å². The molecule has 0 saturated heterocycles. The fraction of sp³-hybridized carbons (Fsp3) is 0.462. The highest BCUT2D eigenvalue weighted by atomic mass is 16.5. The lowest BCUT2D eigenvalue weighted by atomic mass is 10.2. The van der Waals surface area contributed by atoms with E-state index in [0.29, 0.717) is 19.8 Å². The molecule has 1 aromatic rings. The Morgan fingerprint density at radius 3 is 2.47 bits per heavy atom. The lowest BCUT2D eigenvalue weighted by molar-refractivity contribution is -0.142. The standard InChI is InChI=1S/C13H19NO3/c1-3-16-12-7-5-11(6-8-12)9-14-10-13(15)17-4-2/h5-8,14H,3-4,9-10H2,1-2H3. The quantitative estimate of drug-likeness (QED) is 0.734. The number of ether oxygens (including phenoxy) is 2. The van der Waals surface area contributed by atoms with Gasteiger partial charge in [-0.25, -0.2) is 0 Å². The highest BCUT2D eigenvalue weighted by Crippen LogP contribution is 2.11. The summed E-state index contributed by atoms with van der Waals surface area (Å²) in [5, 5.41) is 3.02. The Bertz CT molecular complexity index is 335. The van der Waals surface area contributed by atoms with Crippen LogP contribution < -0.4 is 10.1 Å². The van der Waals surface area contributed by atoms with Gasteiger partial charge in [-0.2, -0.15) is 0 Å². The molecule has 17 heavy (non-hydrogen) atoms. The van der Waals surface area contributed by atoms with E-state index in [1.54, 1.807) is 6.92 Å². The highest BCUT2D eigenvalue weighted by molar-refractivity contribution is 5.71. The van der Waals surface area contributed by atoms with Crippen LogP contribution >= 0.6 is 0 Å². The third-order valence-corrected chi connectivity index (χ3v) is 2.14. The average molecular weight is 237 g/mol. The summed E-state index contributed by atoms with van der Waals surface area (Å²) >= 11 is 0. The highest BCUT2D eigenvalue weighted by Gasteiger charge is 2.00. The fourth-order valence-corrected chi connectivity index (χ4v) is 1.39. The Labute approximate surface area is 102 Å². The van der Waals surface area contributed by atoms with E-state index in [0.717, 1.165) is 11.3 Å². The summed E-state index contributed by atoms with van der Waals surface area (Å²) in [4.78, 5) is 11.1. The van der Waals surface area contributed by atoms with Crippen LogP contribution in [0, 0.1) is 0 Å². The van der Waals surface area contributed by atoms with Crippen molar-refractivity contribution in [2.24, 2.45) is 0 Å². The van der Waals surface area contributed by atoms with Crippen LogP contribution in [-0.4, -0.2) is 25.7 Å². The van der Waals surface area contributed by atoms with Gasteiger partial charge < -0.3 is 14.8 Å². The summed E-state index contributed by atoms with van der Waals surface area (Å²) in [6, 6.07) is 7.79. The Kier molecular flexibility index (Phi) is 6.10. The number of nitrogens with one attached hydrogen (secondary N) is 1. The maximum Gasteiger partial charge on any atom is 0.319 e. The second kappa shape index (κ2) is 7.68. The minimum absolute atomic E-state index is 0.224. The fourth-order valence-electron chi connectivity index (χ4n) is 1.39. The summed E-state index contributed by atoms with van der Waals surface area (Å²) < 4.78 is 10.2. The van der Waals surface area contributed by atoms with E-state index in [9.17, 15) is 4.79 Å². The van der Waals surface area contributed by atoms with E-state index in [1.165, 1.54) is 0 Å². The lowest BCUT2D eigenvalue weighted by Gasteiger charge is -2.06. The molecule has 94 valence electrons. The molecule has 0 aromatic heterocycles. The summed E-state index contributed by atoms with van der Waals surface area (Å²) in [6.07, 6.45) is 0. The van der Waals surface area contributed by atoms with Crippen molar-refractivity contribution >= 4 is 5.97 Å². The van der Waals surface area contributed by atoms with E-state index < -0.39 is 0 Å². The van der Waals surface area contributed by atoms with Crippen LogP contribution in [0.1, 0.15) is 19.4 Å². The monoisotopic (exact) mass is 237 g/mol. The van der Waals surface area contributed by atoms with Gasteiger partial charge in [0.2, 0.25) is 0 Å². The van der Waals surface area contributed by atoms with Gasteiger partial charge in [0.25, 0.3) is 0 Å². The lowest BCUT2D eigenvalue weighted by Crippen LogP contribution is -2.24. The maximum atomic E-state index is 11.1. The van der Waals surface area contributed by atoms with Gasteiger partial charge in [0.05, 0.1) is 19.8 Å². The van der Waals surface area contributed by atoms with Gasteiger partial charge in [0, 0.05) is 6.54 Å². The molecule has 0 aliphatic carbocycles. The molecule has 0 saturated carbocycles. The van der Waals surface area contributed by atoms with Crippen molar-refractivity contribution in [3.05, 3.63) is 29.8 Å². The number of carbonyl (C=O) groups is 1. The van der Waals surface area contributed by atoms with Crippen LogP contribution in [0.25, 0.3) is 0 Å². The van der Waals surface area contributed by atoms with Gasteiger partial charge in [0.15, 0.2) is 0 Å². The zero-order valence-corrected chi connectivity index (χ0v) is 10.4. The second-order valence-corrected chi connectivity index (χ2v) is 3.49. The number of hydrogen-bond donors (Lipinski definition) is 1. The zero-order valence-electron chi connectivity index (χ0n) is 10.4. The van der Waals surface area contributed by atoms with E-state index in [-0.39, 0.29) is 12.5 Å². The molecule has 0 radical (unpaired) electrons. The van der Waals surface area contributed by atoms with Crippen LogP contribution in [0.4, 0.5) is 0 Å². The van der Waals surface area contributed by atoms with E-state index in [1.807, 2.05) is 31.2 Å². The molecule has 0 aliphatic rings. The van der Waals surface area contributed by atoms with Crippen LogP contribution in [0.2, 0.25) is 0 Å². The molecule has 0 amide bonds. The van der Waals surface area contributed by atoms with Gasteiger partial charge in [-0.15, -0.1) is 0 Å². The van der Waals surface area contributed by atoms with E-state index >= 15 is 0 Å².